The Labute approximate surface area is 416 Å². The minimum absolute atomic E-state index is 0.0417. The van der Waals surface area contributed by atoms with Crippen LogP contribution >= 0.6 is 0 Å². The monoisotopic (exact) mass is 991 g/mol. The van der Waals surface area contributed by atoms with Gasteiger partial charge in [0.05, 0.1) is 0 Å². The van der Waals surface area contributed by atoms with Crippen molar-refractivity contribution >= 4 is 53.7 Å². The van der Waals surface area contributed by atoms with Gasteiger partial charge in [0.1, 0.15) is 0 Å². The zero-order valence-corrected chi connectivity index (χ0v) is 44.2. The predicted molar refractivity (Wildman–Crippen MR) is 279 cm³/mol. The lowest BCUT2D eigenvalue weighted by Gasteiger charge is -1.95. The van der Waals surface area contributed by atoms with E-state index in [1.54, 1.807) is 0 Å². The Morgan fingerprint density at radius 1 is 0.261 bits per heavy atom. The topological polar surface area (TPSA) is 341 Å². The maximum Gasteiger partial charge on any atom is 0.303 e. The molecule has 0 fully saturated rings. The second kappa shape index (κ2) is 65.3. The molecule has 1 heterocycles. The predicted octanol–water partition coefficient (Wildman–Crippen LogP) is 13.2. The summed E-state index contributed by atoms with van der Waals surface area (Å²) < 4.78 is 0. The summed E-state index contributed by atoms with van der Waals surface area (Å²) >= 11 is 0. The molecule has 0 bridgehead atoms. The van der Waals surface area contributed by atoms with Crippen LogP contribution in [0.4, 0.5) is 17.8 Å². The number of nitrogen functional groups attached to an aromatic ring is 3. The SMILES string of the molecule is CCCCCCCC(=O)O.CCCCCCCC(=O)O.CCCCCCCC(=O)O.CCCCCCCC(=O)O.CCCCCCCC(=O)O.CCCCCCCC(=O)O.Nc1nc(N)nc(N)n1. The van der Waals surface area contributed by atoms with Crippen molar-refractivity contribution in [2.24, 2.45) is 0 Å². The van der Waals surface area contributed by atoms with Crippen LogP contribution in [0.1, 0.15) is 273 Å². The molecule has 69 heavy (non-hydrogen) atoms. The molecule has 1 rings (SSSR count). The van der Waals surface area contributed by atoms with Gasteiger partial charge in [0.2, 0.25) is 17.8 Å². The summed E-state index contributed by atoms with van der Waals surface area (Å²) in [7, 11) is 0. The number of aliphatic carboxylic acids is 6. The molecule has 0 saturated heterocycles. The average Bonchev–Trinajstić information content (AvgIpc) is 3.26. The summed E-state index contributed by atoms with van der Waals surface area (Å²) in [5.41, 5.74) is 15.4. The van der Waals surface area contributed by atoms with Crippen molar-refractivity contribution in [3.63, 3.8) is 0 Å². The Bertz CT molecular complexity index is 1070. The van der Waals surface area contributed by atoms with E-state index in [-0.39, 0.29) is 17.8 Å². The number of hydrogen-bond donors (Lipinski definition) is 9. The van der Waals surface area contributed by atoms with Crippen molar-refractivity contribution in [1.29, 1.82) is 0 Å². The van der Waals surface area contributed by atoms with E-state index in [1.165, 1.54) is 116 Å². The summed E-state index contributed by atoms with van der Waals surface area (Å²) in [5, 5.41) is 49.6. The summed E-state index contributed by atoms with van der Waals surface area (Å²) in [6.45, 7) is 12.9. The van der Waals surface area contributed by atoms with Crippen molar-refractivity contribution < 1.29 is 59.4 Å². The van der Waals surface area contributed by atoms with Gasteiger partial charge < -0.3 is 47.8 Å². The van der Waals surface area contributed by atoms with Crippen LogP contribution in [0.5, 0.6) is 0 Å². The number of nitrogens with two attached hydrogens (primary N) is 3. The molecule has 0 unspecified atom stereocenters. The molecule has 0 spiro atoms. The third-order valence-electron chi connectivity index (χ3n) is 9.65. The number of carboxylic acid groups (broad SMARTS) is 6. The molecule has 408 valence electrons. The van der Waals surface area contributed by atoms with E-state index in [9.17, 15) is 28.8 Å². The minimum atomic E-state index is -0.670. The molecule has 0 aromatic carbocycles. The number of carbonyl (C=O) groups is 6. The number of hydrogen-bond acceptors (Lipinski definition) is 12. The Morgan fingerprint density at radius 2 is 0.377 bits per heavy atom. The molecule has 12 N–H and O–H groups in total. The maximum atomic E-state index is 10.0. The molecule has 0 saturated carbocycles. The van der Waals surface area contributed by atoms with Gasteiger partial charge in [-0.25, -0.2) is 0 Å². The molecule has 0 aliphatic carbocycles. The van der Waals surface area contributed by atoms with E-state index >= 15 is 0 Å². The van der Waals surface area contributed by atoms with E-state index in [0.717, 1.165) is 77.0 Å². The lowest BCUT2D eigenvalue weighted by atomic mass is 10.1. The van der Waals surface area contributed by atoms with Crippen LogP contribution in [0.15, 0.2) is 0 Å². The fourth-order valence-corrected chi connectivity index (χ4v) is 5.71. The Hall–Kier alpha value is -4.77. The molecular formula is C51H102N6O12. The Balaban J connectivity index is -0.000000168. The maximum absolute atomic E-state index is 10.0. The lowest BCUT2D eigenvalue weighted by Crippen LogP contribution is -2.05. The van der Waals surface area contributed by atoms with Crippen LogP contribution in [0, 0.1) is 0 Å². The number of nitrogens with zero attached hydrogens (tertiary/aromatic N) is 3. The van der Waals surface area contributed by atoms with E-state index < -0.39 is 35.8 Å². The number of aromatic nitrogens is 3. The minimum Gasteiger partial charge on any atom is -0.481 e. The third-order valence-corrected chi connectivity index (χ3v) is 9.65. The van der Waals surface area contributed by atoms with Gasteiger partial charge in [0, 0.05) is 38.5 Å². The third kappa shape index (κ3) is 97.8. The van der Waals surface area contributed by atoms with Crippen molar-refractivity contribution in [3.8, 4) is 0 Å². The standard InChI is InChI=1S/6C8H16O2.C3H6N6/c6*1-2-3-4-5-6-7-8(9)10;4-1-7-2(5)9-3(6)8-1/h6*2-7H2,1H3,(H,9,10);(H6,4,5,6,7,8,9). The summed E-state index contributed by atoms with van der Waals surface area (Å²) in [6.07, 6.45) is 35.3. The fraction of sp³-hybridized carbons (Fsp3) is 0.824. The fourth-order valence-electron chi connectivity index (χ4n) is 5.71. The second-order valence-electron chi connectivity index (χ2n) is 16.8. The van der Waals surface area contributed by atoms with Gasteiger partial charge in [-0.1, -0.05) is 196 Å². The van der Waals surface area contributed by atoms with Gasteiger partial charge in [0.25, 0.3) is 0 Å². The van der Waals surface area contributed by atoms with Crippen LogP contribution in [-0.2, 0) is 28.8 Å². The molecule has 0 amide bonds. The molecule has 18 heteroatoms. The average molecular weight is 991 g/mol. The Morgan fingerprint density at radius 3 is 0.478 bits per heavy atom. The van der Waals surface area contributed by atoms with Crippen molar-refractivity contribution in [2.75, 3.05) is 17.2 Å². The summed E-state index contributed by atoms with van der Waals surface area (Å²) in [4.78, 5) is 70.7. The quantitative estimate of drug-likeness (QED) is 0.0282. The van der Waals surface area contributed by atoms with Crippen molar-refractivity contribution in [2.45, 2.75) is 273 Å². The van der Waals surface area contributed by atoms with Gasteiger partial charge >= 0.3 is 35.8 Å². The first-order valence-electron chi connectivity index (χ1n) is 26.1. The highest BCUT2D eigenvalue weighted by Gasteiger charge is 1.99. The van der Waals surface area contributed by atoms with E-state index in [4.69, 9.17) is 47.8 Å². The normalized spacial score (nSPS) is 9.65. The van der Waals surface area contributed by atoms with Crippen LogP contribution in [-0.4, -0.2) is 81.4 Å². The lowest BCUT2D eigenvalue weighted by molar-refractivity contribution is -0.138. The van der Waals surface area contributed by atoms with Crippen molar-refractivity contribution in [3.05, 3.63) is 0 Å². The second-order valence-corrected chi connectivity index (χ2v) is 16.8. The highest BCUT2D eigenvalue weighted by molar-refractivity contribution is 5.68. The molecule has 18 nitrogen and oxygen atoms in total. The summed E-state index contributed by atoms with van der Waals surface area (Å²) in [6, 6.07) is 0. The molecule has 1 aromatic rings. The van der Waals surface area contributed by atoms with Gasteiger partial charge in [-0.3, -0.25) is 28.8 Å². The zero-order chi connectivity index (χ0) is 53.8. The van der Waals surface area contributed by atoms with Crippen molar-refractivity contribution in [1.82, 2.24) is 15.0 Å². The van der Waals surface area contributed by atoms with Gasteiger partial charge in [0.15, 0.2) is 0 Å². The molecule has 0 radical (unpaired) electrons. The van der Waals surface area contributed by atoms with Crippen LogP contribution in [0.2, 0.25) is 0 Å². The number of unbranched alkanes of at least 4 members (excludes halogenated alkanes) is 24. The smallest absolute Gasteiger partial charge is 0.303 e. The highest BCUT2D eigenvalue weighted by Crippen LogP contribution is 2.08. The van der Waals surface area contributed by atoms with Gasteiger partial charge in [-0.05, 0) is 38.5 Å². The molecule has 0 aliphatic rings. The molecule has 0 atom stereocenters. The first-order chi connectivity index (χ1) is 32.8. The Kier molecular flexibility index (Phi) is 71.7. The van der Waals surface area contributed by atoms with Gasteiger partial charge in [-0.2, -0.15) is 15.0 Å². The van der Waals surface area contributed by atoms with Crippen LogP contribution < -0.4 is 17.2 Å². The first kappa shape index (κ1) is 75.7. The molecule has 0 aliphatic heterocycles. The highest BCUT2D eigenvalue weighted by atomic mass is 16.4. The van der Waals surface area contributed by atoms with E-state index in [2.05, 4.69) is 56.5 Å². The van der Waals surface area contributed by atoms with Gasteiger partial charge in [-0.15, -0.1) is 0 Å². The van der Waals surface area contributed by atoms with E-state index in [1.807, 2.05) is 0 Å². The molecule has 1 aromatic heterocycles. The van der Waals surface area contributed by atoms with E-state index in [0.29, 0.717) is 38.5 Å². The largest absolute Gasteiger partial charge is 0.481 e. The van der Waals surface area contributed by atoms with Crippen LogP contribution in [0.25, 0.3) is 0 Å². The zero-order valence-electron chi connectivity index (χ0n) is 44.2. The number of anilines is 3. The first-order valence-corrected chi connectivity index (χ1v) is 26.1. The summed E-state index contributed by atoms with van der Waals surface area (Å²) in [5.74, 6) is -3.89. The number of rotatable bonds is 36. The molecular weight excluding hydrogens is 889 g/mol. The van der Waals surface area contributed by atoms with Crippen LogP contribution in [0.3, 0.4) is 0 Å². The number of carboxylic acids is 6.